The molecule has 0 saturated carbocycles. The number of nitrogens with zero attached hydrogens (tertiary/aromatic N) is 4. The van der Waals surface area contributed by atoms with E-state index in [-0.39, 0.29) is 0 Å². The number of fused-ring (bicyclic) bond motifs is 1. The molecule has 4 rings (SSSR count). The van der Waals surface area contributed by atoms with E-state index in [9.17, 15) is 0 Å². The van der Waals surface area contributed by atoms with Crippen molar-refractivity contribution in [2.24, 2.45) is 0 Å². The second-order valence-electron chi connectivity index (χ2n) is 7.49. The molecular formula is C23H28N4. The van der Waals surface area contributed by atoms with Gasteiger partial charge in [-0.05, 0) is 61.3 Å². The Labute approximate surface area is 161 Å². The molecule has 0 radical (unpaired) electrons. The van der Waals surface area contributed by atoms with Gasteiger partial charge < -0.3 is 0 Å². The van der Waals surface area contributed by atoms with E-state index >= 15 is 0 Å². The summed E-state index contributed by atoms with van der Waals surface area (Å²) in [6.45, 7) is 7.66. The number of rotatable bonds is 7. The fourth-order valence-electron chi connectivity index (χ4n) is 4.23. The zero-order valence-electron chi connectivity index (χ0n) is 16.1. The molecule has 1 fully saturated rings. The van der Waals surface area contributed by atoms with Crippen LogP contribution < -0.4 is 0 Å². The maximum absolute atomic E-state index is 4.44. The van der Waals surface area contributed by atoms with Crippen molar-refractivity contribution in [1.82, 2.24) is 19.8 Å². The van der Waals surface area contributed by atoms with Crippen LogP contribution in [-0.2, 0) is 13.1 Å². The Bertz CT molecular complexity index is 864. The van der Waals surface area contributed by atoms with Crippen molar-refractivity contribution >= 4 is 10.9 Å². The Balaban J connectivity index is 1.54. The van der Waals surface area contributed by atoms with Gasteiger partial charge in [0, 0.05) is 49.7 Å². The Morgan fingerprint density at radius 3 is 2.81 bits per heavy atom. The highest BCUT2D eigenvalue weighted by Crippen LogP contribution is 2.21. The first-order valence-corrected chi connectivity index (χ1v) is 10.0. The Morgan fingerprint density at radius 1 is 1.07 bits per heavy atom. The lowest BCUT2D eigenvalue weighted by Crippen LogP contribution is -2.39. The summed E-state index contributed by atoms with van der Waals surface area (Å²) in [5.74, 6) is 0. The summed E-state index contributed by atoms with van der Waals surface area (Å²) in [5.41, 5.74) is 3.69. The lowest BCUT2D eigenvalue weighted by Gasteiger charge is -2.30. The number of likely N-dealkylation sites (tertiary alicyclic amines) is 1. The molecule has 2 aromatic heterocycles. The highest BCUT2D eigenvalue weighted by molar-refractivity contribution is 5.78. The average molecular weight is 361 g/mol. The molecule has 1 aliphatic rings. The van der Waals surface area contributed by atoms with E-state index in [0.29, 0.717) is 6.04 Å². The number of hydrogen-bond acceptors (Lipinski definition) is 4. The number of benzene rings is 1. The zero-order valence-corrected chi connectivity index (χ0v) is 16.1. The van der Waals surface area contributed by atoms with Gasteiger partial charge in [-0.1, -0.05) is 25.1 Å². The van der Waals surface area contributed by atoms with Crippen LogP contribution in [0.2, 0.25) is 0 Å². The molecule has 3 heterocycles. The minimum absolute atomic E-state index is 0.661. The summed E-state index contributed by atoms with van der Waals surface area (Å²) < 4.78 is 0. The lowest BCUT2D eigenvalue weighted by atomic mass is 10.1. The molecule has 1 aliphatic heterocycles. The summed E-state index contributed by atoms with van der Waals surface area (Å²) in [5, 5.41) is 1.22. The molecule has 27 heavy (non-hydrogen) atoms. The van der Waals surface area contributed by atoms with Gasteiger partial charge in [0.2, 0.25) is 0 Å². The lowest BCUT2D eigenvalue weighted by molar-refractivity contribution is 0.166. The molecule has 1 aromatic carbocycles. The van der Waals surface area contributed by atoms with E-state index in [1.165, 1.54) is 35.9 Å². The monoisotopic (exact) mass is 360 g/mol. The third kappa shape index (κ3) is 4.52. The van der Waals surface area contributed by atoms with E-state index in [1.807, 2.05) is 30.7 Å². The molecule has 0 spiro atoms. The number of hydrogen-bond donors (Lipinski definition) is 0. The number of aromatic nitrogens is 2. The molecule has 4 nitrogen and oxygen atoms in total. The molecule has 4 heteroatoms. The van der Waals surface area contributed by atoms with Gasteiger partial charge in [-0.25, -0.2) is 0 Å². The zero-order chi connectivity index (χ0) is 18.5. The number of likely N-dealkylation sites (N-methyl/N-ethyl adjacent to an activating group) is 1. The van der Waals surface area contributed by atoms with Gasteiger partial charge in [0.25, 0.3) is 0 Å². The molecule has 140 valence electrons. The maximum atomic E-state index is 4.44. The maximum Gasteiger partial charge on any atom is 0.0702 e. The highest BCUT2D eigenvalue weighted by Gasteiger charge is 2.25. The summed E-state index contributed by atoms with van der Waals surface area (Å²) in [4.78, 5) is 14.0. The second-order valence-corrected chi connectivity index (χ2v) is 7.49. The van der Waals surface area contributed by atoms with Crippen molar-refractivity contribution in [3.05, 3.63) is 72.2 Å². The van der Waals surface area contributed by atoms with Crippen molar-refractivity contribution in [1.29, 1.82) is 0 Å². The Hall–Kier alpha value is -2.30. The van der Waals surface area contributed by atoms with Gasteiger partial charge in [0.05, 0.1) is 5.52 Å². The first-order valence-electron chi connectivity index (χ1n) is 10.0. The summed E-state index contributed by atoms with van der Waals surface area (Å²) in [6, 6.07) is 15.7. The van der Waals surface area contributed by atoms with Crippen LogP contribution in [0.15, 0.2) is 61.1 Å². The first-order chi connectivity index (χ1) is 13.3. The molecule has 0 bridgehead atoms. The van der Waals surface area contributed by atoms with Crippen LogP contribution in [0.25, 0.3) is 10.9 Å². The fourth-order valence-corrected chi connectivity index (χ4v) is 4.23. The SMILES string of the molecule is CCN1CCC[C@@H]1CN(Cc1cccnc1)Cc1ccc2ncccc2c1. The minimum atomic E-state index is 0.661. The van der Waals surface area contributed by atoms with Crippen LogP contribution in [0.3, 0.4) is 0 Å². The van der Waals surface area contributed by atoms with Crippen molar-refractivity contribution < 1.29 is 0 Å². The first kappa shape index (κ1) is 18.1. The minimum Gasteiger partial charge on any atom is -0.299 e. The number of pyridine rings is 2. The van der Waals surface area contributed by atoms with E-state index < -0.39 is 0 Å². The third-order valence-corrected chi connectivity index (χ3v) is 5.58. The third-order valence-electron chi connectivity index (χ3n) is 5.58. The summed E-state index contributed by atoms with van der Waals surface area (Å²) in [6.07, 6.45) is 8.32. The molecule has 0 N–H and O–H groups in total. The van der Waals surface area contributed by atoms with Crippen LogP contribution in [0, 0.1) is 0 Å². The van der Waals surface area contributed by atoms with Gasteiger partial charge in [-0.3, -0.25) is 19.8 Å². The molecule has 0 aliphatic carbocycles. The van der Waals surface area contributed by atoms with Crippen molar-refractivity contribution in [3.8, 4) is 0 Å². The van der Waals surface area contributed by atoms with E-state index in [2.05, 4.69) is 57.0 Å². The largest absolute Gasteiger partial charge is 0.299 e. The summed E-state index contributed by atoms with van der Waals surface area (Å²) in [7, 11) is 0. The molecule has 3 aromatic rings. The van der Waals surface area contributed by atoms with Crippen LogP contribution in [0.4, 0.5) is 0 Å². The molecule has 1 saturated heterocycles. The highest BCUT2D eigenvalue weighted by atomic mass is 15.2. The standard InChI is InChI=1S/C23H28N4/c1-2-27-13-5-8-22(27)18-26(17-20-6-3-11-24-15-20)16-19-9-10-23-21(14-19)7-4-12-25-23/h3-4,6-7,9-12,14-15,22H,2,5,8,13,16-18H2,1H3/t22-/m1/s1. The van der Waals surface area contributed by atoms with Crippen molar-refractivity contribution in [2.45, 2.75) is 38.9 Å². The molecular weight excluding hydrogens is 332 g/mol. The van der Waals surface area contributed by atoms with Gasteiger partial charge in [0.1, 0.15) is 0 Å². The van der Waals surface area contributed by atoms with E-state index in [1.54, 1.807) is 0 Å². The van der Waals surface area contributed by atoms with Crippen LogP contribution >= 0.6 is 0 Å². The van der Waals surface area contributed by atoms with E-state index in [0.717, 1.165) is 31.7 Å². The Kier molecular flexibility index (Phi) is 5.75. The second kappa shape index (κ2) is 8.59. The van der Waals surface area contributed by atoms with Crippen LogP contribution in [0.5, 0.6) is 0 Å². The average Bonchev–Trinajstić information content (AvgIpc) is 3.16. The van der Waals surface area contributed by atoms with Crippen LogP contribution in [0.1, 0.15) is 30.9 Å². The fraction of sp³-hybridized carbons (Fsp3) is 0.391. The van der Waals surface area contributed by atoms with Crippen molar-refractivity contribution in [2.75, 3.05) is 19.6 Å². The smallest absolute Gasteiger partial charge is 0.0702 e. The van der Waals surface area contributed by atoms with Gasteiger partial charge >= 0.3 is 0 Å². The van der Waals surface area contributed by atoms with Gasteiger partial charge in [-0.2, -0.15) is 0 Å². The van der Waals surface area contributed by atoms with Crippen molar-refractivity contribution in [3.63, 3.8) is 0 Å². The van der Waals surface area contributed by atoms with Crippen LogP contribution in [-0.4, -0.2) is 45.4 Å². The van der Waals surface area contributed by atoms with Gasteiger partial charge in [-0.15, -0.1) is 0 Å². The predicted octanol–water partition coefficient (Wildman–Crippen LogP) is 4.12. The topological polar surface area (TPSA) is 32.3 Å². The molecule has 1 atom stereocenters. The Morgan fingerprint density at radius 2 is 1.96 bits per heavy atom. The van der Waals surface area contributed by atoms with E-state index in [4.69, 9.17) is 0 Å². The molecule has 0 amide bonds. The summed E-state index contributed by atoms with van der Waals surface area (Å²) >= 11 is 0. The quantitative estimate of drug-likeness (QED) is 0.634. The molecule has 0 unspecified atom stereocenters. The predicted molar refractivity (Wildman–Crippen MR) is 110 cm³/mol. The normalized spacial score (nSPS) is 17.8. The van der Waals surface area contributed by atoms with Gasteiger partial charge in [0.15, 0.2) is 0 Å².